The van der Waals surface area contributed by atoms with Gasteiger partial charge in [0.05, 0.1) is 11.0 Å². The first kappa shape index (κ1) is 16.4. The van der Waals surface area contributed by atoms with Crippen LogP contribution in [-0.4, -0.2) is 45.2 Å². The Bertz CT molecular complexity index is 671. The van der Waals surface area contributed by atoms with Crippen LogP contribution in [0.2, 0.25) is 0 Å². The van der Waals surface area contributed by atoms with E-state index in [4.69, 9.17) is 5.14 Å². The lowest BCUT2D eigenvalue weighted by molar-refractivity contribution is 0.346. The second kappa shape index (κ2) is 6.43. The summed E-state index contributed by atoms with van der Waals surface area (Å²) in [5.41, 5.74) is 0.945. The van der Waals surface area contributed by atoms with Crippen LogP contribution in [0.3, 0.4) is 0 Å². The number of nitrogens with two attached hydrogens (primary N) is 1. The van der Waals surface area contributed by atoms with E-state index in [2.05, 4.69) is 0 Å². The molecule has 1 aliphatic heterocycles. The van der Waals surface area contributed by atoms with Gasteiger partial charge in [-0.25, -0.2) is 26.3 Å². The van der Waals surface area contributed by atoms with Crippen molar-refractivity contribution in [1.82, 2.24) is 4.31 Å². The SMILES string of the molecule is NS(=O)(=O)C1CCCN(S(=O)(=O)CCc2ccccc2)C1. The van der Waals surface area contributed by atoms with Crippen molar-refractivity contribution in [2.24, 2.45) is 5.14 Å². The van der Waals surface area contributed by atoms with Crippen molar-refractivity contribution in [2.75, 3.05) is 18.8 Å². The van der Waals surface area contributed by atoms with Crippen LogP contribution in [0.5, 0.6) is 0 Å². The molecule has 0 saturated carbocycles. The molecule has 6 nitrogen and oxygen atoms in total. The Labute approximate surface area is 126 Å². The maximum atomic E-state index is 12.3. The molecule has 2 rings (SSSR count). The fourth-order valence-corrected chi connectivity index (χ4v) is 4.99. The van der Waals surface area contributed by atoms with E-state index < -0.39 is 25.3 Å². The molecule has 1 unspecified atom stereocenters. The quantitative estimate of drug-likeness (QED) is 0.839. The number of nitrogens with zero attached hydrogens (tertiary/aromatic N) is 1. The molecule has 0 aromatic heterocycles. The van der Waals surface area contributed by atoms with Gasteiger partial charge < -0.3 is 0 Å². The molecule has 21 heavy (non-hydrogen) atoms. The van der Waals surface area contributed by atoms with Gasteiger partial charge >= 0.3 is 0 Å². The molecular weight excluding hydrogens is 312 g/mol. The van der Waals surface area contributed by atoms with Crippen LogP contribution in [0.15, 0.2) is 30.3 Å². The van der Waals surface area contributed by atoms with Gasteiger partial charge in [-0.05, 0) is 24.8 Å². The molecule has 1 fully saturated rings. The zero-order valence-corrected chi connectivity index (χ0v) is 13.3. The summed E-state index contributed by atoms with van der Waals surface area (Å²) >= 11 is 0. The predicted octanol–water partition coefficient (Wildman–Crippen LogP) is 0.312. The van der Waals surface area contributed by atoms with E-state index in [-0.39, 0.29) is 12.3 Å². The van der Waals surface area contributed by atoms with Crippen molar-refractivity contribution in [3.63, 3.8) is 0 Å². The molecule has 0 spiro atoms. The van der Waals surface area contributed by atoms with Gasteiger partial charge in [0.1, 0.15) is 0 Å². The van der Waals surface area contributed by atoms with Crippen molar-refractivity contribution < 1.29 is 16.8 Å². The van der Waals surface area contributed by atoms with E-state index in [1.54, 1.807) is 0 Å². The topological polar surface area (TPSA) is 97.5 Å². The highest BCUT2D eigenvalue weighted by Crippen LogP contribution is 2.19. The number of sulfonamides is 2. The summed E-state index contributed by atoms with van der Waals surface area (Å²) in [7, 11) is -7.15. The highest BCUT2D eigenvalue weighted by atomic mass is 32.2. The average Bonchev–Trinajstić information content (AvgIpc) is 2.46. The highest BCUT2D eigenvalue weighted by molar-refractivity contribution is 7.90. The van der Waals surface area contributed by atoms with Crippen molar-refractivity contribution in [3.8, 4) is 0 Å². The van der Waals surface area contributed by atoms with Gasteiger partial charge in [0.25, 0.3) is 0 Å². The van der Waals surface area contributed by atoms with Gasteiger partial charge in [-0.3, -0.25) is 0 Å². The molecule has 1 heterocycles. The lowest BCUT2D eigenvalue weighted by Gasteiger charge is -2.30. The molecule has 0 bridgehead atoms. The minimum atomic E-state index is -3.69. The first-order valence-electron chi connectivity index (χ1n) is 6.82. The number of benzene rings is 1. The van der Waals surface area contributed by atoms with Crippen molar-refractivity contribution >= 4 is 20.0 Å². The monoisotopic (exact) mass is 332 g/mol. The van der Waals surface area contributed by atoms with Gasteiger partial charge in [-0.2, -0.15) is 0 Å². The van der Waals surface area contributed by atoms with E-state index in [1.165, 1.54) is 4.31 Å². The zero-order valence-electron chi connectivity index (χ0n) is 11.7. The van der Waals surface area contributed by atoms with E-state index >= 15 is 0 Å². The molecule has 1 saturated heterocycles. The Kier molecular flexibility index (Phi) is 5.03. The van der Waals surface area contributed by atoms with Crippen LogP contribution in [0.4, 0.5) is 0 Å². The Morgan fingerprint density at radius 2 is 1.81 bits per heavy atom. The summed E-state index contributed by atoms with van der Waals surface area (Å²) in [6, 6.07) is 9.34. The second-order valence-corrected chi connectivity index (χ2v) is 9.20. The van der Waals surface area contributed by atoms with Crippen LogP contribution >= 0.6 is 0 Å². The molecule has 0 aliphatic carbocycles. The van der Waals surface area contributed by atoms with Gasteiger partial charge in [0.15, 0.2) is 0 Å². The number of hydrogen-bond donors (Lipinski definition) is 1. The van der Waals surface area contributed by atoms with Gasteiger partial charge in [-0.1, -0.05) is 30.3 Å². The molecule has 1 atom stereocenters. The summed E-state index contributed by atoms with van der Waals surface area (Å²) in [4.78, 5) is 0. The summed E-state index contributed by atoms with van der Waals surface area (Å²) in [6.07, 6.45) is 1.36. The maximum Gasteiger partial charge on any atom is 0.214 e. The van der Waals surface area contributed by atoms with E-state index in [9.17, 15) is 16.8 Å². The number of rotatable bonds is 5. The Morgan fingerprint density at radius 1 is 1.14 bits per heavy atom. The van der Waals surface area contributed by atoms with E-state index in [0.29, 0.717) is 25.8 Å². The molecular formula is C13H20N2O4S2. The van der Waals surface area contributed by atoms with Crippen molar-refractivity contribution in [1.29, 1.82) is 0 Å². The van der Waals surface area contributed by atoms with Crippen LogP contribution in [0, 0.1) is 0 Å². The van der Waals surface area contributed by atoms with E-state index in [0.717, 1.165) is 5.56 Å². The summed E-state index contributed by atoms with van der Waals surface area (Å²) in [6.45, 7) is 0.332. The largest absolute Gasteiger partial charge is 0.228 e. The fourth-order valence-electron chi connectivity index (χ4n) is 2.45. The average molecular weight is 332 g/mol. The zero-order chi connectivity index (χ0) is 15.5. The number of hydrogen-bond acceptors (Lipinski definition) is 4. The predicted molar refractivity (Wildman–Crippen MR) is 81.6 cm³/mol. The normalized spacial score (nSPS) is 21.3. The first-order chi connectivity index (χ1) is 9.79. The lowest BCUT2D eigenvalue weighted by atomic mass is 10.2. The highest BCUT2D eigenvalue weighted by Gasteiger charge is 2.33. The standard InChI is InChI=1S/C13H20N2O4S2/c14-21(18,19)13-7-4-9-15(11-13)20(16,17)10-8-12-5-2-1-3-6-12/h1-3,5-6,13H,4,7-11H2,(H2,14,18,19). The smallest absolute Gasteiger partial charge is 0.214 e. The van der Waals surface area contributed by atoms with Crippen LogP contribution in [0.25, 0.3) is 0 Å². The fraction of sp³-hybridized carbons (Fsp3) is 0.538. The minimum absolute atomic E-state index is 0.0195. The Morgan fingerprint density at radius 3 is 2.43 bits per heavy atom. The van der Waals surface area contributed by atoms with Crippen LogP contribution in [0.1, 0.15) is 18.4 Å². The van der Waals surface area contributed by atoms with E-state index in [1.807, 2.05) is 30.3 Å². The Balaban J connectivity index is 2.02. The molecule has 1 aromatic rings. The van der Waals surface area contributed by atoms with Crippen LogP contribution in [-0.2, 0) is 26.5 Å². The molecule has 0 amide bonds. The van der Waals surface area contributed by atoms with Crippen LogP contribution < -0.4 is 5.14 Å². The molecule has 2 N–H and O–H groups in total. The minimum Gasteiger partial charge on any atom is -0.228 e. The Hall–Kier alpha value is -0.960. The number of primary sulfonamides is 1. The first-order valence-corrected chi connectivity index (χ1v) is 10.0. The number of aryl methyl sites for hydroxylation is 1. The molecule has 0 radical (unpaired) electrons. The lowest BCUT2D eigenvalue weighted by Crippen LogP contribution is -2.47. The number of piperidine rings is 1. The third kappa shape index (κ3) is 4.50. The third-order valence-corrected chi connectivity index (χ3v) is 6.84. The van der Waals surface area contributed by atoms with Gasteiger partial charge in [-0.15, -0.1) is 0 Å². The summed E-state index contributed by atoms with van der Waals surface area (Å²) in [5.74, 6) is -0.0195. The molecule has 118 valence electrons. The summed E-state index contributed by atoms with van der Waals surface area (Å²) < 4.78 is 48.7. The van der Waals surface area contributed by atoms with Gasteiger partial charge in [0, 0.05) is 13.1 Å². The summed E-state index contributed by atoms with van der Waals surface area (Å²) in [5, 5.41) is 4.34. The van der Waals surface area contributed by atoms with Crippen molar-refractivity contribution in [3.05, 3.63) is 35.9 Å². The molecule has 1 aromatic carbocycles. The van der Waals surface area contributed by atoms with Gasteiger partial charge in [0.2, 0.25) is 20.0 Å². The van der Waals surface area contributed by atoms with Crippen molar-refractivity contribution in [2.45, 2.75) is 24.5 Å². The third-order valence-electron chi connectivity index (χ3n) is 3.69. The maximum absolute atomic E-state index is 12.3. The molecule has 8 heteroatoms. The second-order valence-electron chi connectivity index (χ2n) is 5.26. The molecule has 1 aliphatic rings.